The number of methoxy groups -OCH3 is 1. The third kappa shape index (κ3) is 7.91. The Kier molecular flexibility index (Phi) is 12.0. The summed E-state index contributed by atoms with van der Waals surface area (Å²) in [4.78, 5) is 4.99. The Bertz CT molecular complexity index is 3220. The van der Waals surface area contributed by atoms with Crippen LogP contribution in [0.1, 0.15) is 58.1 Å². The van der Waals surface area contributed by atoms with E-state index in [4.69, 9.17) is 14.1 Å². The van der Waals surface area contributed by atoms with Crippen LogP contribution in [0.25, 0.3) is 43.8 Å². The summed E-state index contributed by atoms with van der Waals surface area (Å²) in [6, 6.07) is 56.1. The van der Waals surface area contributed by atoms with Crippen molar-refractivity contribution in [2.24, 2.45) is 19.1 Å². The van der Waals surface area contributed by atoms with Crippen LogP contribution in [-0.4, -0.2) is 19.9 Å². The van der Waals surface area contributed by atoms with Gasteiger partial charge in [-0.3, -0.25) is 4.99 Å². The van der Waals surface area contributed by atoms with Gasteiger partial charge >= 0.3 is 0 Å². The SMILES string of the molecule is CN=C(/C=C\C=C\CC(C)(c1ccccc1C)c1cccc[n+]1C)c1c(C)c(CC(OC)(c2ccc(-c3ccccc3)cc2)c2cccc[n+]2C)cc2c1oc1c3ccccc3ccc21. The molecule has 0 fully saturated rings. The molecule has 3 aromatic heterocycles. The van der Waals surface area contributed by atoms with Crippen molar-refractivity contribution in [1.29, 1.82) is 0 Å². The smallest absolute Gasteiger partial charge is 0.218 e. The van der Waals surface area contributed by atoms with Crippen LogP contribution >= 0.6 is 0 Å². The summed E-state index contributed by atoms with van der Waals surface area (Å²) < 4.78 is 18.3. The lowest BCUT2D eigenvalue weighted by molar-refractivity contribution is -0.685. The summed E-state index contributed by atoms with van der Waals surface area (Å²) in [5.41, 5.74) is 13.0. The lowest BCUT2D eigenvalue weighted by atomic mass is 9.74. The van der Waals surface area contributed by atoms with Gasteiger partial charge in [0, 0.05) is 66.6 Å². The van der Waals surface area contributed by atoms with Crippen molar-refractivity contribution in [1.82, 2.24) is 0 Å². The molecule has 0 amide bonds. The molecule has 3 heterocycles. The molecular weight excluding hydrogens is 795 g/mol. The molecule has 0 aliphatic rings. The van der Waals surface area contributed by atoms with Gasteiger partial charge in [0.25, 0.3) is 0 Å². The highest BCUT2D eigenvalue weighted by atomic mass is 16.5. The van der Waals surface area contributed by atoms with Crippen molar-refractivity contribution in [3.8, 4) is 11.1 Å². The topological polar surface area (TPSA) is 42.5 Å². The molecule has 322 valence electrons. The molecule has 0 N–H and O–H groups in total. The van der Waals surface area contributed by atoms with Crippen LogP contribution in [0.2, 0.25) is 0 Å². The first kappa shape index (κ1) is 43.1. The van der Waals surface area contributed by atoms with E-state index in [0.29, 0.717) is 6.42 Å². The average Bonchev–Trinajstić information content (AvgIpc) is 3.71. The first-order valence-corrected chi connectivity index (χ1v) is 22.5. The number of aryl methyl sites for hydroxylation is 3. The zero-order chi connectivity index (χ0) is 45.1. The fraction of sp³-hybridized carbons (Fsp3) is 0.183. The summed E-state index contributed by atoms with van der Waals surface area (Å²) in [5.74, 6) is 0. The molecule has 0 saturated heterocycles. The van der Waals surface area contributed by atoms with E-state index >= 15 is 0 Å². The van der Waals surface area contributed by atoms with Gasteiger partial charge in [0.05, 0.1) is 11.1 Å². The Morgan fingerprint density at radius 1 is 0.662 bits per heavy atom. The Morgan fingerprint density at radius 2 is 1.32 bits per heavy atom. The molecule has 9 aromatic rings. The minimum Gasteiger partial charge on any atom is -0.455 e. The van der Waals surface area contributed by atoms with Crippen LogP contribution in [0.3, 0.4) is 0 Å². The number of pyridine rings is 2. The van der Waals surface area contributed by atoms with Crippen molar-refractivity contribution in [2.45, 2.75) is 44.6 Å². The second-order valence-corrected chi connectivity index (χ2v) is 17.5. The lowest BCUT2D eigenvalue weighted by Gasteiger charge is -2.32. The Labute approximate surface area is 383 Å². The minimum absolute atomic E-state index is 0.243. The van der Waals surface area contributed by atoms with Crippen molar-refractivity contribution in [2.75, 3.05) is 14.2 Å². The number of furan rings is 1. The van der Waals surface area contributed by atoms with Gasteiger partial charge in [0.2, 0.25) is 5.69 Å². The first-order chi connectivity index (χ1) is 31.7. The number of aromatic nitrogens is 2. The van der Waals surface area contributed by atoms with Crippen molar-refractivity contribution >= 4 is 38.4 Å². The highest BCUT2D eigenvalue weighted by Gasteiger charge is 2.42. The highest BCUT2D eigenvalue weighted by molar-refractivity contribution is 6.22. The predicted octanol–water partition coefficient (Wildman–Crippen LogP) is 12.7. The molecule has 0 spiro atoms. The number of fused-ring (bicyclic) bond motifs is 5. The molecule has 0 aliphatic carbocycles. The fourth-order valence-corrected chi connectivity index (χ4v) is 10.1. The van der Waals surface area contributed by atoms with Crippen LogP contribution in [0.5, 0.6) is 0 Å². The summed E-state index contributed by atoms with van der Waals surface area (Å²) in [7, 11) is 7.95. The highest BCUT2D eigenvalue weighted by Crippen LogP contribution is 2.42. The quantitative estimate of drug-likeness (QED) is 0.0659. The number of ether oxygens (including phenoxy) is 1. The molecule has 5 heteroatoms. The molecule has 9 rings (SSSR count). The van der Waals surface area contributed by atoms with E-state index < -0.39 is 5.60 Å². The van der Waals surface area contributed by atoms with E-state index in [2.05, 4.69) is 238 Å². The third-order valence-electron chi connectivity index (χ3n) is 13.6. The fourth-order valence-electron chi connectivity index (χ4n) is 10.1. The number of nitrogens with zero attached hydrogens (tertiary/aromatic N) is 3. The average molecular weight is 852 g/mol. The Hall–Kier alpha value is -7.21. The first-order valence-electron chi connectivity index (χ1n) is 22.5. The largest absolute Gasteiger partial charge is 0.455 e. The van der Waals surface area contributed by atoms with E-state index in [9.17, 15) is 0 Å². The molecule has 65 heavy (non-hydrogen) atoms. The Balaban J connectivity index is 1.17. The maximum absolute atomic E-state index is 7.04. The molecule has 2 atom stereocenters. The van der Waals surface area contributed by atoms with Gasteiger partial charge in [-0.1, -0.05) is 133 Å². The van der Waals surface area contributed by atoms with Gasteiger partial charge < -0.3 is 9.15 Å². The summed E-state index contributed by atoms with van der Waals surface area (Å²) in [5, 5.41) is 4.36. The van der Waals surface area contributed by atoms with E-state index in [1.807, 2.05) is 14.2 Å². The summed E-state index contributed by atoms with van der Waals surface area (Å²) in [6.07, 6.45) is 14.3. The molecule has 5 nitrogen and oxygen atoms in total. The maximum atomic E-state index is 7.04. The number of aliphatic imine (C=N–C) groups is 1. The second-order valence-electron chi connectivity index (χ2n) is 17.5. The van der Waals surface area contributed by atoms with Gasteiger partial charge in [0.1, 0.15) is 25.3 Å². The van der Waals surface area contributed by atoms with Gasteiger partial charge in [-0.2, -0.15) is 0 Å². The van der Waals surface area contributed by atoms with Gasteiger partial charge in [-0.15, -0.1) is 0 Å². The van der Waals surface area contributed by atoms with Crippen molar-refractivity contribution in [3.63, 3.8) is 0 Å². The molecule has 0 saturated carbocycles. The van der Waals surface area contributed by atoms with Crippen molar-refractivity contribution < 1.29 is 18.3 Å². The van der Waals surface area contributed by atoms with Crippen LogP contribution in [-0.2, 0) is 36.3 Å². The Morgan fingerprint density at radius 3 is 2.03 bits per heavy atom. The molecule has 2 unspecified atom stereocenters. The maximum Gasteiger partial charge on any atom is 0.218 e. The summed E-state index contributed by atoms with van der Waals surface area (Å²) >= 11 is 0. The van der Waals surface area contributed by atoms with Crippen LogP contribution in [0.4, 0.5) is 0 Å². The number of rotatable bonds is 13. The zero-order valence-electron chi connectivity index (χ0n) is 38.5. The normalized spacial score (nSPS) is 14.2. The number of benzene rings is 6. The van der Waals surface area contributed by atoms with Gasteiger partial charge in [-0.05, 0) is 95.8 Å². The number of hydrogen-bond donors (Lipinski definition) is 0. The van der Waals surface area contributed by atoms with Crippen LogP contribution < -0.4 is 9.13 Å². The van der Waals surface area contributed by atoms with Gasteiger partial charge in [-0.25, -0.2) is 9.13 Å². The zero-order valence-corrected chi connectivity index (χ0v) is 38.5. The minimum atomic E-state index is -0.839. The van der Waals surface area contributed by atoms with Crippen LogP contribution in [0, 0.1) is 13.8 Å². The van der Waals surface area contributed by atoms with Gasteiger partial charge in [0.15, 0.2) is 23.7 Å². The molecule has 0 bridgehead atoms. The lowest BCUT2D eigenvalue weighted by Crippen LogP contribution is -2.46. The van der Waals surface area contributed by atoms with Crippen molar-refractivity contribution in [3.05, 3.63) is 239 Å². The van der Waals surface area contributed by atoms with E-state index in [1.165, 1.54) is 22.4 Å². The monoisotopic (exact) mass is 851 g/mol. The molecule has 6 aromatic carbocycles. The van der Waals surface area contributed by atoms with E-state index in [1.54, 1.807) is 0 Å². The summed E-state index contributed by atoms with van der Waals surface area (Å²) in [6.45, 7) is 6.77. The number of hydrogen-bond acceptors (Lipinski definition) is 3. The second kappa shape index (κ2) is 18.1. The predicted molar refractivity (Wildman–Crippen MR) is 268 cm³/mol. The van der Waals surface area contributed by atoms with E-state index in [0.717, 1.165) is 78.4 Å². The standard InChI is InChI=1S/C60H57N3O2/c1-42-22-13-16-27-52(42)59(3,54-29-17-20-38-62(54)5)37-19-9-12-28-53(61-4)56-43(2)47(40-51-50-36-33-46-25-14-15-26-49(46)57(50)65-58(51)56)41-60(64-7,55-30-18-21-39-63(55)6)48-34-31-45(32-35-48)44-23-10-8-11-24-44/h8-36,38-40H,37,41H2,1-7H3/q+2/b19-9+,28-12-,61-53?. The van der Waals surface area contributed by atoms with Crippen LogP contribution in [0.15, 0.2) is 204 Å². The van der Waals surface area contributed by atoms with E-state index in [-0.39, 0.29) is 5.41 Å². The molecule has 0 radical (unpaired) electrons. The molecule has 0 aliphatic heterocycles. The number of allylic oxidation sites excluding steroid dienone is 4. The molecular formula is C60H57N3O2+2. The third-order valence-corrected chi connectivity index (χ3v) is 13.6.